The van der Waals surface area contributed by atoms with Crippen molar-refractivity contribution < 1.29 is 22.7 Å². The van der Waals surface area contributed by atoms with Crippen LogP contribution in [0.15, 0.2) is 29.6 Å². The van der Waals surface area contributed by atoms with Crippen molar-refractivity contribution in [2.75, 3.05) is 38.3 Å². The van der Waals surface area contributed by atoms with Crippen LogP contribution in [0.3, 0.4) is 0 Å². The molecule has 1 atom stereocenters. The van der Waals surface area contributed by atoms with E-state index in [0.29, 0.717) is 36.8 Å². The topological polar surface area (TPSA) is 109 Å². The number of aromatic amines is 1. The maximum Gasteiger partial charge on any atom is 0.419 e. The van der Waals surface area contributed by atoms with E-state index in [2.05, 4.69) is 20.2 Å². The van der Waals surface area contributed by atoms with Gasteiger partial charge in [-0.25, -0.2) is 15.1 Å². The van der Waals surface area contributed by atoms with Gasteiger partial charge in [-0.2, -0.15) is 18.3 Å². The number of nitrogens with zero attached hydrogens (tertiary/aromatic N) is 6. The van der Waals surface area contributed by atoms with Gasteiger partial charge in [-0.1, -0.05) is 0 Å². The first kappa shape index (κ1) is 25.6. The van der Waals surface area contributed by atoms with E-state index in [0.717, 1.165) is 18.0 Å². The molecular formula is C23H28F3N7O3. The van der Waals surface area contributed by atoms with Gasteiger partial charge in [0.25, 0.3) is 5.56 Å². The molecule has 3 aromatic heterocycles. The summed E-state index contributed by atoms with van der Waals surface area (Å²) in [5, 5.41) is 6.90. The highest BCUT2D eigenvalue weighted by Crippen LogP contribution is 2.29. The van der Waals surface area contributed by atoms with E-state index in [1.807, 2.05) is 29.5 Å². The third-order valence-electron chi connectivity index (χ3n) is 6.55. The zero-order valence-electron chi connectivity index (χ0n) is 20.2. The molecule has 0 bridgehead atoms. The Morgan fingerprint density at radius 1 is 1.25 bits per heavy atom. The van der Waals surface area contributed by atoms with Crippen LogP contribution >= 0.6 is 0 Å². The molecule has 0 aromatic carbocycles. The van der Waals surface area contributed by atoms with Gasteiger partial charge in [0.1, 0.15) is 6.61 Å². The fraction of sp³-hybridized carbons (Fsp3) is 0.522. The monoisotopic (exact) mass is 507 g/mol. The summed E-state index contributed by atoms with van der Waals surface area (Å²) >= 11 is 0. The highest BCUT2D eigenvalue weighted by molar-refractivity contribution is 5.82. The van der Waals surface area contributed by atoms with Crippen molar-refractivity contribution in [2.24, 2.45) is 0 Å². The summed E-state index contributed by atoms with van der Waals surface area (Å²) in [4.78, 5) is 35.9. The molecule has 1 aliphatic rings. The van der Waals surface area contributed by atoms with Gasteiger partial charge in [-0.05, 0) is 32.3 Å². The molecule has 1 amide bonds. The van der Waals surface area contributed by atoms with Crippen molar-refractivity contribution in [2.45, 2.75) is 44.9 Å². The summed E-state index contributed by atoms with van der Waals surface area (Å²) in [5.74, 6) is 0.0933. The summed E-state index contributed by atoms with van der Waals surface area (Å²) < 4.78 is 45.8. The number of anilines is 1. The number of amides is 1. The first-order chi connectivity index (χ1) is 17.1. The predicted molar refractivity (Wildman–Crippen MR) is 126 cm³/mol. The van der Waals surface area contributed by atoms with Gasteiger partial charge in [0.15, 0.2) is 0 Å². The van der Waals surface area contributed by atoms with Crippen LogP contribution in [0.4, 0.5) is 19.1 Å². The van der Waals surface area contributed by atoms with Gasteiger partial charge in [0, 0.05) is 44.8 Å². The average Bonchev–Trinajstić information content (AvgIpc) is 3.20. The molecular weight excluding hydrogens is 479 g/mol. The zero-order chi connectivity index (χ0) is 26.0. The Hall–Kier alpha value is -3.48. The number of hydrogen-bond donors (Lipinski definition) is 1. The van der Waals surface area contributed by atoms with Crippen molar-refractivity contribution >= 4 is 22.8 Å². The summed E-state index contributed by atoms with van der Waals surface area (Å²) in [6.45, 7) is 5.04. The molecule has 1 fully saturated rings. The number of carbonyl (C=O) groups excluding carboxylic acids is 1. The molecule has 4 rings (SSSR count). The number of halogens is 3. The van der Waals surface area contributed by atoms with Crippen LogP contribution in [0.5, 0.6) is 0 Å². The largest absolute Gasteiger partial charge is 0.419 e. The second-order valence-electron chi connectivity index (χ2n) is 9.04. The van der Waals surface area contributed by atoms with E-state index in [1.54, 1.807) is 18.1 Å². The van der Waals surface area contributed by atoms with Gasteiger partial charge in [0.05, 0.1) is 35.3 Å². The third kappa shape index (κ3) is 5.35. The summed E-state index contributed by atoms with van der Waals surface area (Å²) in [6, 6.07) is -0.132. The fourth-order valence-corrected chi connectivity index (χ4v) is 4.46. The van der Waals surface area contributed by atoms with Crippen molar-refractivity contribution in [3.63, 3.8) is 0 Å². The van der Waals surface area contributed by atoms with Gasteiger partial charge < -0.3 is 19.1 Å². The second kappa shape index (κ2) is 10.2. The number of aryl methyl sites for hydroxylation is 1. The Kier molecular flexibility index (Phi) is 7.29. The lowest BCUT2D eigenvalue weighted by atomic mass is 10.0. The Labute approximate surface area is 205 Å². The van der Waals surface area contributed by atoms with Crippen LogP contribution in [0.25, 0.3) is 10.9 Å². The molecule has 36 heavy (non-hydrogen) atoms. The lowest BCUT2D eigenvalue weighted by Gasteiger charge is -2.36. The minimum Gasteiger partial charge on any atom is -0.369 e. The minimum absolute atomic E-state index is 0.0157. The number of aromatic nitrogens is 5. The van der Waals surface area contributed by atoms with Crippen molar-refractivity contribution in [1.29, 1.82) is 0 Å². The number of hydrogen-bond acceptors (Lipinski definition) is 7. The number of fused-ring (bicyclic) bond motifs is 1. The van der Waals surface area contributed by atoms with Crippen LogP contribution in [-0.2, 0) is 15.7 Å². The van der Waals surface area contributed by atoms with Crippen LogP contribution in [-0.4, -0.2) is 74.9 Å². The second-order valence-corrected chi connectivity index (χ2v) is 9.04. The van der Waals surface area contributed by atoms with Gasteiger partial charge in [0.2, 0.25) is 11.9 Å². The van der Waals surface area contributed by atoms with E-state index in [-0.39, 0.29) is 42.7 Å². The van der Waals surface area contributed by atoms with Gasteiger partial charge in [-0.3, -0.25) is 9.59 Å². The number of nitrogens with one attached hydrogen (secondary N) is 1. The molecule has 194 valence electrons. The quantitative estimate of drug-likeness (QED) is 0.524. The zero-order valence-corrected chi connectivity index (χ0v) is 20.2. The van der Waals surface area contributed by atoms with E-state index in [4.69, 9.17) is 4.74 Å². The number of H-pyrrole nitrogens is 1. The SMILES string of the molecule is Cc1cn(C(C)COCC(=O)N(C)C2CCN(c3ncc(C(F)(F)F)cn3)CC2)c2cn[nH]c(=O)c12. The molecule has 3 aromatic rings. The third-order valence-corrected chi connectivity index (χ3v) is 6.55. The highest BCUT2D eigenvalue weighted by atomic mass is 19.4. The summed E-state index contributed by atoms with van der Waals surface area (Å²) in [5.41, 5.74) is 0.416. The van der Waals surface area contributed by atoms with Crippen LogP contribution in [0.1, 0.15) is 36.9 Å². The maximum atomic E-state index is 12.7. The maximum absolute atomic E-state index is 12.7. The number of likely N-dealkylation sites (N-methyl/N-ethyl adjacent to an activating group) is 1. The number of carbonyl (C=O) groups is 1. The van der Waals surface area contributed by atoms with Crippen LogP contribution in [0, 0.1) is 6.92 Å². The highest BCUT2D eigenvalue weighted by Gasteiger charge is 2.32. The minimum atomic E-state index is -4.47. The van der Waals surface area contributed by atoms with Gasteiger partial charge in [-0.15, -0.1) is 0 Å². The molecule has 1 saturated heterocycles. The molecule has 1 unspecified atom stereocenters. The molecule has 0 saturated carbocycles. The van der Waals surface area contributed by atoms with Crippen LogP contribution in [0.2, 0.25) is 0 Å². The molecule has 0 spiro atoms. The Morgan fingerprint density at radius 3 is 2.56 bits per heavy atom. The number of ether oxygens (including phenoxy) is 1. The first-order valence-corrected chi connectivity index (χ1v) is 11.6. The Balaban J connectivity index is 1.26. The lowest BCUT2D eigenvalue weighted by Crippen LogP contribution is -2.47. The molecule has 1 aliphatic heterocycles. The molecule has 10 nitrogen and oxygen atoms in total. The molecule has 13 heteroatoms. The number of rotatable bonds is 7. The first-order valence-electron chi connectivity index (χ1n) is 11.6. The lowest BCUT2D eigenvalue weighted by molar-refractivity contribution is -0.138. The normalized spacial score (nSPS) is 15.9. The average molecular weight is 508 g/mol. The number of piperidine rings is 1. The summed E-state index contributed by atoms with van der Waals surface area (Å²) in [7, 11) is 1.73. The van der Waals surface area contributed by atoms with Crippen molar-refractivity contribution in [3.05, 3.63) is 46.3 Å². The Morgan fingerprint density at radius 2 is 1.92 bits per heavy atom. The van der Waals surface area contributed by atoms with E-state index in [1.165, 1.54) is 0 Å². The van der Waals surface area contributed by atoms with Crippen molar-refractivity contribution in [1.82, 2.24) is 29.6 Å². The molecule has 4 heterocycles. The Bertz CT molecular complexity index is 1260. The summed E-state index contributed by atoms with van der Waals surface area (Å²) in [6.07, 6.45) is 1.85. The van der Waals surface area contributed by atoms with Gasteiger partial charge >= 0.3 is 6.18 Å². The standard InChI is InChI=1S/C23H28F3N7O3/c1-14-11-33(18-10-29-30-21(35)20(14)18)15(2)12-36-13-19(34)31(3)17-4-6-32(7-5-17)22-27-8-16(9-28-22)23(24,25)26/h8-11,15,17H,4-7,12-13H2,1-3H3,(H,30,35). The van der Waals surface area contributed by atoms with Crippen molar-refractivity contribution in [3.8, 4) is 0 Å². The molecule has 0 radical (unpaired) electrons. The molecule has 0 aliphatic carbocycles. The number of alkyl halides is 3. The smallest absolute Gasteiger partial charge is 0.369 e. The van der Waals surface area contributed by atoms with Crippen LogP contribution < -0.4 is 10.5 Å². The van der Waals surface area contributed by atoms with E-state index in [9.17, 15) is 22.8 Å². The predicted octanol–water partition coefficient (Wildman–Crippen LogP) is 2.55. The molecule has 1 N–H and O–H groups in total. The van der Waals surface area contributed by atoms with E-state index < -0.39 is 11.7 Å². The fourth-order valence-electron chi connectivity index (χ4n) is 4.46. The van der Waals surface area contributed by atoms with E-state index >= 15 is 0 Å².